The Labute approximate surface area is 47.2 Å². The third-order valence-corrected chi connectivity index (χ3v) is 0.762. The molecule has 0 fully saturated rings. The van der Waals surface area contributed by atoms with E-state index in [1.807, 2.05) is 6.08 Å². The predicted octanol–water partition coefficient (Wildman–Crippen LogP) is 2.44. The van der Waals surface area contributed by atoms with Crippen molar-refractivity contribution >= 4 is 0 Å². The second-order valence-electron chi connectivity index (χ2n) is 1.43. The van der Waals surface area contributed by atoms with Crippen molar-refractivity contribution in [3.8, 4) is 0 Å². The van der Waals surface area contributed by atoms with E-state index < -0.39 is 0 Å². The molecule has 0 aromatic rings. The quantitative estimate of drug-likeness (QED) is 0.374. The first kappa shape index (κ1) is 9.88. The molecule has 0 heteroatoms. The number of unbranched alkanes of at least 4 members (excludes halogenated alkanes) is 2. The summed E-state index contributed by atoms with van der Waals surface area (Å²) in [6, 6.07) is 0. The van der Waals surface area contributed by atoms with E-state index in [0.29, 0.717) is 0 Å². The van der Waals surface area contributed by atoms with E-state index in [1.54, 1.807) is 0 Å². The van der Waals surface area contributed by atoms with Gasteiger partial charge in [-0.15, -0.1) is 6.58 Å². The zero-order chi connectivity index (χ0) is 4.83. The largest absolute Gasteiger partial charge is 0.103 e. The molecule has 0 saturated heterocycles. The Balaban J connectivity index is 0. The van der Waals surface area contributed by atoms with Gasteiger partial charge in [-0.25, -0.2) is 0 Å². The highest BCUT2D eigenvalue weighted by Crippen LogP contribution is 1.91. The van der Waals surface area contributed by atoms with Gasteiger partial charge in [-0.05, 0) is 6.42 Å². The van der Waals surface area contributed by atoms with E-state index in [2.05, 4.69) is 13.5 Å². The van der Waals surface area contributed by atoms with Gasteiger partial charge in [0, 0.05) is 7.43 Å². The summed E-state index contributed by atoms with van der Waals surface area (Å²) in [5.41, 5.74) is 0. The van der Waals surface area contributed by atoms with E-state index in [-0.39, 0.29) is 7.43 Å². The van der Waals surface area contributed by atoms with Gasteiger partial charge in [0.05, 0.1) is 0 Å². The zero-order valence-electron chi connectivity index (χ0n) is 4.91. The minimum Gasteiger partial charge on any atom is -0.103 e. The van der Waals surface area contributed by atoms with Gasteiger partial charge in [-0.3, -0.25) is 0 Å². The summed E-state index contributed by atoms with van der Waals surface area (Å²) < 4.78 is 0. The molecule has 0 unspecified atom stereocenters. The van der Waals surface area contributed by atoms with Crippen LogP contribution in [-0.2, 0) is 0 Å². The first-order valence-corrected chi connectivity index (χ1v) is 2.52. The Morgan fingerprint density at radius 1 is 1.57 bits per heavy atom. The van der Waals surface area contributed by atoms with Crippen molar-refractivity contribution in [3.63, 3.8) is 0 Å². The lowest BCUT2D eigenvalue weighted by Crippen LogP contribution is -1.61. The fourth-order valence-corrected chi connectivity index (χ4v) is 0.348. The van der Waals surface area contributed by atoms with Crippen molar-refractivity contribution in [2.45, 2.75) is 26.2 Å². The minimum atomic E-state index is 0. The summed E-state index contributed by atoms with van der Waals surface area (Å²) in [5, 5.41) is 0. The van der Waals surface area contributed by atoms with Crippen LogP contribution in [0, 0.1) is 7.43 Å². The standard InChI is InChI=1S/C6H12.C/c1-3-5-6-4-2;/h3H,1,4-6H2,2H3;. The van der Waals surface area contributed by atoms with Crippen LogP contribution in [0.1, 0.15) is 26.2 Å². The van der Waals surface area contributed by atoms with Crippen molar-refractivity contribution in [2.24, 2.45) is 0 Å². The number of rotatable bonds is 3. The Bertz CT molecular complexity index is 29.0. The highest BCUT2D eigenvalue weighted by molar-refractivity contribution is 4.64. The van der Waals surface area contributed by atoms with Crippen LogP contribution in [0.3, 0.4) is 0 Å². The molecular weight excluding hydrogens is 84.1 g/mol. The summed E-state index contributed by atoms with van der Waals surface area (Å²) in [5.74, 6) is 0. The highest BCUT2D eigenvalue weighted by Gasteiger charge is 1.71. The second-order valence-corrected chi connectivity index (χ2v) is 1.43. The monoisotopic (exact) mass is 96.1 g/mol. The van der Waals surface area contributed by atoms with Gasteiger partial charge in [-0.1, -0.05) is 25.8 Å². The first-order chi connectivity index (χ1) is 2.91. The van der Waals surface area contributed by atoms with Crippen molar-refractivity contribution < 1.29 is 0 Å². The van der Waals surface area contributed by atoms with Gasteiger partial charge in [0.15, 0.2) is 0 Å². The van der Waals surface area contributed by atoms with Crippen molar-refractivity contribution in [3.05, 3.63) is 20.1 Å². The molecule has 0 aliphatic rings. The van der Waals surface area contributed by atoms with Crippen LogP contribution in [0.5, 0.6) is 0 Å². The van der Waals surface area contributed by atoms with Gasteiger partial charge in [0.2, 0.25) is 0 Å². The lowest BCUT2D eigenvalue weighted by atomic mass is 10.3. The third-order valence-electron chi connectivity index (χ3n) is 0.762. The Morgan fingerprint density at radius 3 is 2.29 bits per heavy atom. The predicted molar refractivity (Wildman–Crippen MR) is 33.0 cm³/mol. The Hall–Kier alpha value is -0.260. The highest BCUT2D eigenvalue weighted by atomic mass is 13.8. The summed E-state index contributed by atoms with van der Waals surface area (Å²) >= 11 is 0. The maximum atomic E-state index is 3.60. The summed E-state index contributed by atoms with van der Waals surface area (Å²) in [6.45, 7) is 5.78. The zero-order valence-corrected chi connectivity index (χ0v) is 4.91. The van der Waals surface area contributed by atoms with E-state index in [1.165, 1.54) is 19.3 Å². The molecule has 0 nitrogen and oxygen atoms in total. The Kier molecular flexibility index (Phi) is 13.0. The average molecular weight is 96.2 g/mol. The molecular formula is C7H12. The lowest BCUT2D eigenvalue weighted by molar-refractivity contribution is 0.816. The molecule has 0 bridgehead atoms. The molecule has 0 heterocycles. The van der Waals surface area contributed by atoms with Crippen LogP contribution in [0.4, 0.5) is 0 Å². The normalized spacial score (nSPS) is 7.00. The molecule has 0 N–H and O–H groups in total. The molecule has 40 valence electrons. The van der Waals surface area contributed by atoms with Crippen LogP contribution in [0.2, 0.25) is 0 Å². The minimum absolute atomic E-state index is 0. The maximum absolute atomic E-state index is 3.60. The van der Waals surface area contributed by atoms with E-state index >= 15 is 0 Å². The number of allylic oxidation sites excluding steroid dienone is 1. The van der Waals surface area contributed by atoms with E-state index in [0.717, 1.165) is 0 Å². The fourth-order valence-electron chi connectivity index (χ4n) is 0.348. The molecule has 0 rings (SSSR count). The molecule has 0 aliphatic carbocycles. The van der Waals surface area contributed by atoms with Crippen molar-refractivity contribution in [1.82, 2.24) is 0 Å². The molecule has 0 amide bonds. The molecule has 7 heavy (non-hydrogen) atoms. The van der Waals surface area contributed by atoms with Crippen LogP contribution in [0.25, 0.3) is 0 Å². The summed E-state index contributed by atoms with van der Waals surface area (Å²) in [6.07, 6.45) is 5.72. The van der Waals surface area contributed by atoms with E-state index in [4.69, 9.17) is 0 Å². The van der Waals surface area contributed by atoms with Gasteiger partial charge in [0.25, 0.3) is 0 Å². The van der Waals surface area contributed by atoms with Gasteiger partial charge >= 0.3 is 0 Å². The van der Waals surface area contributed by atoms with Crippen LogP contribution < -0.4 is 0 Å². The third kappa shape index (κ3) is 10.7. The maximum Gasteiger partial charge on any atom is 0 e. The van der Waals surface area contributed by atoms with Gasteiger partial charge < -0.3 is 0 Å². The fraction of sp³-hybridized carbons (Fsp3) is 0.571. The number of hydrogen-bond acceptors (Lipinski definition) is 0. The van der Waals surface area contributed by atoms with Crippen LogP contribution in [0.15, 0.2) is 12.7 Å². The Morgan fingerprint density at radius 2 is 2.14 bits per heavy atom. The molecule has 0 spiro atoms. The van der Waals surface area contributed by atoms with Crippen LogP contribution >= 0.6 is 0 Å². The summed E-state index contributed by atoms with van der Waals surface area (Å²) in [7, 11) is 0. The SMILES string of the molecule is C=CCCCC.[C]. The number of hydrogen-bond donors (Lipinski definition) is 0. The van der Waals surface area contributed by atoms with Crippen molar-refractivity contribution in [2.75, 3.05) is 0 Å². The molecule has 0 aromatic heterocycles. The van der Waals surface area contributed by atoms with E-state index in [9.17, 15) is 0 Å². The molecule has 0 atom stereocenters. The van der Waals surface area contributed by atoms with Crippen molar-refractivity contribution in [1.29, 1.82) is 0 Å². The molecule has 0 aromatic carbocycles. The topological polar surface area (TPSA) is 0 Å². The molecule has 0 saturated carbocycles. The average Bonchev–Trinajstić information content (AvgIpc) is 1.61. The van der Waals surface area contributed by atoms with Crippen LogP contribution in [-0.4, -0.2) is 0 Å². The second kappa shape index (κ2) is 9.22. The molecule has 4 radical (unpaired) electrons. The van der Waals surface area contributed by atoms with Gasteiger partial charge in [-0.2, -0.15) is 0 Å². The van der Waals surface area contributed by atoms with Gasteiger partial charge in [0.1, 0.15) is 0 Å². The lowest BCUT2D eigenvalue weighted by Gasteiger charge is -1.81. The first-order valence-electron chi connectivity index (χ1n) is 2.52. The molecule has 0 aliphatic heterocycles. The smallest absolute Gasteiger partial charge is 0 e. The summed E-state index contributed by atoms with van der Waals surface area (Å²) in [4.78, 5) is 0.